The van der Waals surface area contributed by atoms with Gasteiger partial charge in [0.1, 0.15) is 4.32 Å². The Morgan fingerprint density at radius 2 is 1.81 bits per heavy atom. The molecule has 3 nitrogen and oxygen atoms in total. The summed E-state index contributed by atoms with van der Waals surface area (Å²) < 4.78 is 0.498. The Labute approximate surface area is 143 Å². The van der Waals surface area contributed by atoms with E-state index < -0.39 is 0 Å². The Morgan fingerprint density at radius 3 is 2.29 bits per heavy atom. The number of hydrogen-bond donors (Lipinski definition) is 1. The van der Waals surface area contributed by atoms with Gasteiger partial charge in [-0.1, -0.05) is 36.1 Å². The molecule has 1 fully saturated rings. The summed E-state index contributed by atoms with van der Waals surface area (Å²) in [7, 11) is 0. The number of nitrogens with one attached hydrogen (secondary N) is 1. The van der Waals surface area contributed by atoms with E-state index in [1.807, 2.05) is 30.3 Å². The van der Waals surface area contributed by atoms with Crippen LogP contribution in [0.25, 0.3) is 6.08 Å². The molecule has 0 unspecified atom stereocenters. The molecular weight excluding hydrogens is 347 g/mol. The van der Waals surface area contributed by atoms with Crippen molar-refractivity contribution in [3.05, 3.63) is 34.7 Å². The van der Waals surface area contributed by atoms with Gasteiger partial charge in [-0.3, -0.25) is 4.79 Å². The first-order valence-corrected chi connectivity index (χ1v) is 8.65. The molecular formula is C14H14Cl2N2OS2. The van der Waals surface area contributed by atoms with Gasteiger partial charge < -0.3 is 10.2 Å². The second-order valence-corrected chi connectivity index (χ2v) is 6.78. The van der Waals surface area contributed by atoms with E-state index in [1.54, 1.807) is 0 Å². The average Bonchev–Trinajstić information content (AvgIpc) is 2.77. The number of nitrogens with zero attached hydrogens (tertiary/aromatic N) is 1. The van der Waals surface area contributed by atoms with Crippen LogP contribution < -0.4 is 10.2 Å². The maximum absolute atomic E-state index is 11.6. The van der Waals surface area contributed by atoms with Crippen LogP contribution in [0, 0.1) is 0 Å². The predicted octanol–water partition coefficient (Wildman–Crippen LogP) is 3.46. The quantitative estimate of drug-likeness (QED) is 0.478. The number of amides is 1. The van der Waals surface area contributed by atoms with Gasteiger partial charge in [-0.15, -0.1) is 23.2 Å². The largest absolute Gasteiger partial charge is 0.369 e. The van der Waals surface area contributed by atoms with Crippen molar-refractivity contribution in [2.24, 2.45) is 0 Å². The monoisotopic (exact) mass is 360 g/mol. The summed E-state index contributed by atoms with van der Waals surface area (Å²) in [5.41, 5.74) is 2.02. The molecule has 1 aromatic carbocycles. The summed E-state index contributed by atoms with van der Waals surface area (Å²) in [5.74, 6) is 0.966. The first kappa shape index (κ1) is 16.6. The highest BCUT2D eigenvalue weighted by atomic mass is 35.5. The van der Waals surface area contributed by atoms with E-state index in [-0.39, 0.29) is 5.91 Å². The molecule has 7 heteroatoms. The number of rotatable bonds is 6. The molecule has 0 atom stereocenters. The number of carbonyl (C=O) groups excluding carboxylic acids is 1. The third kappa shape index (κ3) is 4.61. The SMILES string of the molecule is O=C1NC(=S)SC1=Cc1ccc(N(CCCl)CCCl)cc1. The summed E-state index contributed by atoms with van der Waals surface area (Å²) in [4.78, 5) is 14.4. The summed E-state index contributed by atoms with van der Waals surface area (Å²) in [6.07, 6.45) is 1.83. The molecule has 0 bridgehead atoms. The molecule has 0 saturated carbocycles. The van der Waals surface area contributed by atoms with Crippen molar-refractivity contribution < 1.29 is 4.79 Å². The first-order valence-electron chi connectivity index (χ1n) is 6.36. The van der Waals surface area contributed by atoms with Gasteiger partial charge in [0.05, 0.1) is 4.91 Å². The minimum atomic E-state index is -0.139. The van der Waals surface area contributed by atoms with Crippen LogP contribution in [0.4, 0.5) is 5.69 Å². The van der Waals surface area contributed by atoms with Gasteiger partial charge in [-0.05, 0) is 23.8 Å². The number of benzene rings is 1. The van der Waals surface area contributed by atoms with Crippen molar-refractivity contribution >= 4 is 69.2 Å². The molecule has 1 amide bonds. The molecule has 0 radical (unpaired) electrons. The maximum atomic E-state index is 11.6. The molecule has 0 aromatic heterocycles. The summed E-state index contributed by atoms with van der Waals surface area (Å²) >= 11 is 17.8. The highest BCUT2D eigenvalue weighted by Gasteiger charge is 2.21. The minimum Gasteiger partial charge on any atom is -0.369 e. The average molecular weight is 361 g/mol. The van der Waals surface area contributed by atoms with Crippen LogP contribution in [0.3, 0.4) is 0 Å². The van der Waals surface area contributed by atoms with Gasteiger partial charge in [-0.2, -0.15) is 0 Å². The highest BCUT2D eigenvalue weighted by Crippen LogP contribution is 2.26. The Balaban J connectivity index is 2.13. The molecule has 1 aliphatic rings. The topological polar surface area (TPSA) is 32.3 Å². The lowest BCUT2D eigenvalue weighted by Gasteiger charge is -2.22. The Morgan fingerprint density at radius 1 is 1.19 bits per heavy atom. The number of alkyl halides is 2. The fourth-order valence-corrected chi connectivity index (χ4v) is 3.38. The molecule has 112 valence electrons. The van der Waals surface area contributed by atoms with Crippen molar-refractivity contribution in [2.45, 2.75) is 0 Å². The number of thiocarbonyl (C=S) groups is 1. The normalized spacial score (nSPS) is 16.4. The Kier molecular flexibility index (Phi) is 6.36. The number of anilines is 1. The third-order valence-electron chi connectivity index (χ3n) is 2.91. The second-order valence-electron chi connectivity index (χ2n) is 4.31. The lowest BCUT2D eigenvalue weighted by atomic mass is 10.1. The van der Waals surface area contributed by atoms with Crippen molar-refractivity contribution in [3.8, 4) is 0 Å². The minimum absolute atomic E-state index is 0.139. The van der Waals surface area contributed by atoms with Gasteiger partial charge in [0.15, 0.2) is 0 Å². The zero-order valence-electron chi connectivity index (χ0n) is 11.1. The zero-order valence-corrected chi connectivity index (χ0v) is 14.3. The van der Waals surface area contributed by atoms with Gasteiger partial charge in [0.2, 0.25) is 0 Å². The van der Waals surface area contributed by atoms with Crippen LogP contribution in [0.5, 0.6) is 0 Å². The smallest absolute Gasteiger partial charge is 0.263 e. The number of carbonyl (C=O) groups is 1. The predicted molar refractivity (Wildman–Crippen MR) is 96.4 cm³/mol. The summed E-state index contributed by atoms with van der Waals surface area (Å²) in [6.45, 7) is 1.50. The van der Waals surface area contributed by atoms with Crippen molar-refractivity contribution in [3.63, 3.8) is 0 Å². The van der Waals surface area contributed by atoms with E-state index in [2.05, 4.69) is 10.2 Å². The van der Waals surface area contributed by atoms with E-state index in [0.717, 1.165) is 24.3 Å². The van der Waals surface area contributed by atoms with Gasteiger partial charge >= 0.3 is 0 Å². The van der Waals surface area contributed by atoms with E-state index in [0.29, 0.717) is 21.0 Å². The van der Waals surface area contributed by atoms with Crippen LogP contribution in [-0.2, 0) is 4.79 Å². The standard InChI is InChI=1S/C14H14Cl2N2OS2/c15-5-7-18(8-6-16)11-3-1-10(2-4-11)9-12-13(19)17-14(20)21-12/h1-4,9H,5-8H2,(H,17,19,20). The molecule has 21 heavy (non-hydrogen) atoms. The first-order chi connectivity index (χ1) is 10.1. The zero-order chi connectivity index (χ0) is 15.2. The lowest BCUT2D eigenvalue weighted by Crippen LogP contribution is -2.27. The second kappa shape index (κ2) is 8.03. The summed E-state index contributed by atoms with van der Waals surface area (Å²) in [6, 6.07) is 7.93. The Hall–Kier alpha value is -0.750. The van der Waals surface area contributed by atoms with Crippen LogP contribution in [0.15, 0.2) is 29.2 Å². The number of thioether (sulfide) groups is 1. The lowest BCUT2D eigenvalue weighted by molar-refractivity contribution is -0.115. The van der Waals surface area contributed by atoms with Crippen molar-refractivity contribution in [2.75, 3.05) is 29.7 Å². The van der Waals surface area contributed by atoms with Gasteiger partial charge in [0, 0.05) is 30.5 Å². The van der Waals surface area contributed by atoms with Crippen molar-refractivity contribution in [1.82, 2.24) is 5.32 Å². The van der Waals surface area contributed by atoms with Crippen molar-refractivity contribution in [1.29, 1.82) is 0 Å². The molecule has 1 N–H and O–H groups in total. The van der Waals surface area contributed by atoms with Crippen LogP contribution >= 0.6 is 47.2 Å². The highest BCUT2D eigenvalue weighted by molar-refractivity contribution is 8.26. The van der Waals surface area contributed by atoms with E-state index >= 15 is 0 Å². The molecule has 1 aliphatic heterocycles. The third-order valence-corrected chi connectivity index (χ3v) is 4.41. The maximum Gasteiger partial charge on any atom is 0.263 e. The van der Waals surface area contributed by atoms with Gasteiger partial charge in [0.25, 0.3) is 5.91 Å². The Bertz CT molecular complexity index is 555. The van der Waals surface area contributed by atoms with Crippen LogP contribution in [-0.4, -0.2) is 35.1 Å². The van der Waals surface area contributed by atoms with Crippen LogP contribution in [0.1, 0.15) is 5.56 Å². The molecule has 1 aromatic rings. The number of hydrogen-bond acceptors (Lipinski definition) is 4. The molecule has 0 spiro atoms. The fourth-order valence-electron chi connectivity index (χ4n) is 1.93. The van der Waals surface area contributed by atoms with E-state index in [1.165, 1.54) is 11.8 Å². The van der Waals surface area contributed by atoms with E-state index in [4.69, 9.17) is 35.4 Å². The fraction of sp³-hybridized carbons (Fsp3) is 0.286. The van der Waals surface area contributed by atoms with Crippen LogP contribution in [0.2, 0.25) is 0 Å². The van der Waals surface area contributed by atoms with Gasteiger partial charge in [-0.25, -0.2) is 0 Å². The molecule has 1 heterocycles. The van der Waals surface area contributed by atoms with E-state index in [9.17, 15) is 4.79 Å². The molecule has 1 saturated heterocycles. The molecule has 0 aliphatic carbocycles. The number of halogens is 2. The molecule has 2 rings (SSSR count). The summed E-state index contributed by atoms with van der Waals surface area (Å²) in [5, 5.41) is 2.60.